The molecule has 5 N–H and O–H groups in total. The summed E-state index contributed by atoms with van der Waals surface area (Å²) in [5.74, 6) is -2.59. The lowest BCUT2D eigenvalue weighted by atomic mass is 10.1. The molecule has 0 bridgehead atoms. The number of phenolic OH excluding ortho intramolecular Hbond substituents is 3. The highest BCUT2D eigenvalue weighted by molar-refractivity contribution is 7.88. The minimum absolute atomic E-state index is 0.0145. The van der Waals surface area contributed by atoms with Crippen LogP contribution in [0.3, 0.4) is 0 Å². The number of phenols is 3. The monoisotopic (exact) mass is 290 g/mol. The van der Waals surface area contributed by atoms with E-state index in [0.717, 1.165) is 18.4 Å². The number of benzene rings is 1. The number of rotatable bonds is 5. The van der Waals surface area contributed by atoms with Crippen LogP contribution in [0.5, 0.6) is 17.2 Å². The van der Waals surface area contributed by atoms with Crippen LogP contribution in [0.1, 0.15) is 10.4 Å². The Bertz CT molecular complexity index is 561. The molecular weight excluding hydrogens is 276 g/mol. The number of nitrogens with one attached hydrogen (secondary N) is 2. The van der Waals surface area contributed by atoms with E-state index in [1.165, 1.54) is 0 Å². The molecule has 0 fully saturated rings. The van der Waals surface area contributed by atoms with Crippen molar-refractivity contribution in [3.8, 4) is 17.2 Å². The van der Waals surface area contributed by atoms with Crippen molar-refractivity contribution in [2.24, 2.45) is 0 Å². The van der Waals surface area contributed by atoms with Crippen LogP contribution in [-0.2, 0) is 10.0 Å². The molecule has 106 valence electrons. The van der Waals surface area contributed by atoms with Crippen molar-refractivity contribution in [2.75, 3.05) is 19.3 Å². The van der Waals surface area contributed by atoms with Crippen molar-refractivity contribution in [3.05, 3.63) is 17.7 Å². The third-order valence-corrected chi connectivity index (χ3v) is 2.84. The number of hydrogen-bond acceptors (Lipinski definition) is 6. The topological polar surface area (TPSA) is 136 Å². The zero-order valence-corrected chi connectivity index (χ0v) is 10.9. The van der Waals surface area contributed by atoms with Gasteiger partial charge in [0.25, 0.3) is 5.91 Å². The minimum atomic E-state index is -3.32. The number of carbonyl (C=O) groups is 1. The Labute approximate surface area is 109 Å². The molecule has 0 spiro atoms. The first-order valence-corrected chi connectivity index (χ1v) is 7.07. The minimum Gasteiger partial charge on any atom is -0.504 e. The predicted octanol–water partition coefficient (Wildman–Crippen LogP) is -0.918. The van der Waals surface area contributed by atoms with Crippen molar-refractivity contribution in [1.82, 2.24) is 10.0 Å². The molecule has 0 aromatic heterocycles. The molecule has 1 amide bonds. The summed E-state index contributed by atoms with van der Waals surface area (Å²) in [5.41, 5.74) is -0.0628. The smallest absolute Gasteiger partial charge is 0.251 e. The Balaban J connectivity index is 2.60. The van der Waals surface area contributed by atoms with Gasteiger partial charge in [-0.1, -0.05) is 0 Å². The predicted molar refractivity (Wildman–Crippen MR) is 66.6 cm³/mol. The second-order valence-electron chi connectivity index (χ2n) is 3.79. The third-order valence-electron chi connectivity index (χ3n) is 2.11. The van der Waals surface area contributed by atoms with E-state index in [-0.39, 0.29) is 18.7 Å². The Morgan fingerprint density at radius 2 is 1.68 bits per heavy atom. The van der Waals surface area contributed by atoms with Crippen LogP contribution in [0.25, 0.3) is 0 Å². The second kappa shape index (κ2) is 5.76. The van der Waals surface area contributed by atoms with Gasteiger partial charge in [0.15, 0.2) is 17.2 Å². The van der Waals surface area contributed by atoms with Crippen molar-refractivity contribution in [2.45, 2.75) is 0 Å². The largest absolute Gasteiger partial charge is 0.504 e. The molecule has 0 aliphatic rings. The van der Waals surface area contributed by atoms with E-state index < -0.39 is 33.2 Å². The average Bonchev–Trinajstić information content (AvgIpc) is 2.29. The van der Waals surface area contributed by atoms with Crippen molar-refractivity contribution >= 4 is 15.9 Å². The summed E-state index contributed by atoms with van der Waals surface area (Å²) >= 11 is 0. The van der Waals surface area contributed by atoms with Crippen LogP contribution in [0.2, 0.25) is 0 Å². The highest BCUT2D eigenvalue weighted by Crippen LogP contribution is 2.35. The van der Waals surface area contributed by atoms with Crippen LogP contribution < -0.4 is 10.0 Å². The van der Waals surface area contributed by atoms with E-state index in [9.17, 15) is 23.4 Å². The van der Waals surface area contributed by atoms with Crippen molar-refractivity contribution < 1.29 is 28.5 Å². The third kappa shape index (κ3) is 4.64. The molecule has 0 aliphatic heterocycles. The second-order valence-corrected chi connectivity index (χ2v) is 5.62. The molecule has 0 atom stereocenters. The quantitative estimate of drug-likeness (QED) is 0.351. The summed E-state index contributed by atoms with van der Waals surface area (Å²) in [6, 6.07) is 1.96. The lowest BCUT2D eigenvalue weighted by Crippen LogP contribution is -2.34. The van der Waals surface area contributed by atoms with Gasteiger partial charge in [-0.2, -0.15) is 0 Å². The van der Waals surface area contributed by atoms with Crippen molar-refractivity contribution in [3.63, 3.8) is 0 Å². The van der Waals surface area contributed by atoms with Crippen LogP contribution in [0.15, 0.2) is 12.1 Å². The van der Waals surface area contributed by atoms with Crippen LogP contribution in [-0.4, -0.2) is 49.0 Å². The molecule has 1 rings (SSSR count). The maximum Gasteiger partial charge on any atom is 0.251 e. The number of carbonyl (C=O) groups excluding carboxylic acids is 1. The highest BCUT2D eigenvalue weighted by Gasteiger charge is 2.13. The van der Waals surface area contributed by atoms with Gasteiger partial charge in [0, 0.05) is 18.7 Å². The lowest BCUT2D eigenvalue weighted by Gasteiger charge is -2.07. The molecule has 0 aliphatic carbocycles. The molecule has 0 saturated heterocycles. The Kier molecular flexibility index (Phi) is 4.57. The number of aromatic hydroxyl groups is 3. The molecule has 19 heavy (non-hydrogen) atoms. The first-order valence-electron chi connectivity index (χ1n) is 5.18. The van der Waals surface area contributed by atoms with Gasteiger partial charge in [-0.15, -0.1) is 0 Å². The molecule has 0 radical (unpaired) electrons. The van der Waals surface area contributed by atoms with E-state index in [1.54, 1.807) is 0 Å². The molecule has 0 saturated carbocycles. The number of amides is 1. The standard InChI is InChI=1S/C10H14N2O6S/c1-19(17,18)12-3-2-11-10(16)6-4-7(13)9(15)8(14)5-6/h4-5,12-15H,2-3H2,1H3,(H,11,16). The Morgan fingerprint density at radius 1 is 1.16 bits per heavy atom. The summed E-state index contributed by atoms with van der Waals surface area (Å²) in [5, 5.41) is 29.9. The van der Waals surface area contributed by atoms with Gasteiger partial charge < -0.3 is 20.6 Å². The van der Waals surface area contributed by atoms with Gasteiger partial charge in [-0.05, 0) is 12.1 Å². The van der Waals surface area contributed by atoms with E-state index in [1.807, 2.05) is 0 Å². The SMILES string of the molecule is CS(=O)(=O)NCCNC(=O)c1cc(O)c(O)c(O)c1. The maximum atomic E-state index is 11.6. The summed E-state index contributed by atoms with van der Waals surface area (Å²) in [4.78, 5) is 11.6. The summed E-state index contributed by atoms with van der Waals surface area (Å²) in [7, 11) is -3.32. The van der Waals surface area contributed by atoms with E-state index in [2.05, 4.69) is 10.0 Å². The van der Waals surface area contributed by atoms with Gasteiger partial charge in [0.05, 0.1) is 6.26 Å². The molecule has 0 heterocycles. The zero-order valence-electron chi connectivity index (χ0n) is 10.0. The lowest BCUT2D eigenvalue weighted by molar-refractivity contribution is 0.0953. The van der Waals surface area contributed by atoms with Crippen LogP contribution >= 0.6 is 0 Å². The normalized spacial score (nSPS) is 11.2. The van der Waals surface area contributed by atoms with Gasteiger partial charge in [-0.25, -0.2) is 13.1 Å². The van der Waals surface area contributed by atoms with Crippen LogP contribution in [0, 0.1) is 0 Å². The molecule has 1 aromatic rings. The molecule has 0 unspecified atom stereocenters. The number of sulfonamides is 1. The summed E-state index contributed by atoms with van der Waals surface area (Å²) < 4.78 is 23.7. The fourth-order valence-electron chi connectivity index (χ4n) is 1.25. The van der Waals surface area contributed by atoms with Gasteiger partial charge in [-0.3, -0.25) is 4.79 Å². The highest BCUT2D eigenvalue weighted by atomic mass is 32.2. The van der Waals surface area contributed by atoms with E-state index in [0.29, 0.717) is 0 Å². The zero-order chi connectivity index (χ0) is 14.6. The summed E-state index contributed by atoms with van der Waals surface area (Å²) in [6.45, 7) is 0.0505. The average molecular weight is 290 g/mol. The van der Waals surface area contributed by atoms with Gasteiger partial charge in [0.2, 0.25) is 10.0 Å². The molecule has 9 heteroatoms. The maximum absolute atomic E-state index is 11.6. The Morgan fingerprint density at radius 3 is 2.16 bits per heavy atom. The van der Waals surface area contributed by atoms with Crippen molar-refractivity contribution in [1.29, 1.82) is 0 Å². The van der Waals surface area contributed by atoms with E-state index >= 15 is 0 Å². The first kappa shape index (κ1) is 15.1. The van der Waals surface area contributed by atoms with Gasteiger partial charge in [0.1, 0.15) is 0 Å². The molecule has 1 aromatic carbocycles. The number of hydrogen-bond donors (Lipinski definition) is 5. The molecular formula is C10H14N2O6S. The fourth-order valence-corrected chi connectivity index (χ4v) is 1.72. The van der Waals surface area contributed by atoms with Gasteiger partial charge >= 0.3 is 0 Å². The van der Waals surface area contributed by atoms with Crippen LogP contribution in [0.4, 0.5) is 0 Å². The first-order chi connectivity index (χ1) is 8.70. The van der Waals surface area contributed by atoms with E-state index in [4.69, 9.17) is 5.11 Å². The summed E-state index contributed by atoms with van der Waals surface area (Å²) in [6.07, 6.45) is 0.991. The Hall–Kier alpha value is -2.00. The fraction of sp³-hybridized carbons (Fsp3) is 0.300. The molecule has 8 nitrogen and oxygen atoms in total.